The first kappa shape index (κ1) is 27.8. The van der Waals surface area contributed by atoms with E-state index >= 15 is 0 Å². The van der Waals surface area contributed by atoms with E-state index in [1.54, 1.807) is 20.8 Å². The number of methoxy groups -OCH3 is 1. The third kappa shape index (κ3) is 6.16. The molecule has 1 amide bonds. The summed E-state index contributed by atoms with van der Waals surface area (Å²) in [5.41, 5.74) is -3.33. The average Bonchev–Trinajstić information content (AvgIpc) is 2.68. The molecule has 9 nitrogen and oxygen atoms in total. The van der Waals surface area contributed by atoms with Crippen molar-refractivity contribution in [3.8, 4) is 0 Å². The Labute approximate surface area is 185 Å². The van der Waals surface area contributed by atoms with E-state index in [0.29, 0.717) is 0 Å². The van der Waals surface area contributed by atoms with Crippen molar-refractivity contribution in [2.75, 3.05) is 7.11 Å². The maximum Gasteiger partial charge on any atom is 0.311 e. The van der Waals surface area contributed by atoms with E-state index in [1.165, 1.54) is 34.8 Å². The summed E-state index contributed by atoms with van der Waals surface area (Å²) in [6.07, 6.45) is -4.40. The van der Waals surface area contributed by atoms with Gasteiger partial charge in [0.2, 0.25) is 5.91 Å². The van der Waals surface area contributed by atoms with E-state index in [-0.39, 0.29) is 12.8 Å². The van der Waals surface area contributed by atoms with Gasteiger partial charge in [-0.1, -0.05) is 20.8 Å². The number of hydrogen-bond acceptors (Lipinski definition) is 8. The summed E-state index contributed by atoms with van der Waals surface area (Å²) in [4.78, 5) is 25.6. The lowest BCUT2D eigenvalue weighted by atomic mass is 9.79. The van der Waals surface area contributed by atoms with Gasteiger partial charge in [-0.15, -0.1) is 0 Å². The van der Waals surface area contributed by atoms with Gasteiger partial charge in [0, 0.05) is 19.1 Å². The van der Waals surface area contributed by atoms with Crippen molar-refractivity contribution < 1.29 is 39.5 Å². The molecule has 0 saturated carbocycles. The van der Waals surface area contributed by atoms with Crippen molar-refractivity contribution in [1.29, 1.82) is 0 Å². The molecule has 1 fully saturated rings. The number of cyclic esters (lactones) is 1. The minimum absolute atomic E-state index is 0.00808. The summed E-state index contributed by atoms with van der Waals surface area (Å²) >= 11 is 0. The Bertz CT molecular complexity index is 623. The predicted octanol–water partition coefficient (Wildman–Crippen LogP) is 0.364. The van der Waals surface area contributed by atoms with Crippen LogP contribution in [0.5, 0.6) is 0 Å². The van der Waals surface area contributed by atoms with E-state index in [4.69, 9.17) is 9.47 Å². The molecule has 1 aliphatic rings. The second-order valence-corrected chi connectivity index (χ2v) is 9.56. The van der Waals surface area contributed by atoms with Gasteiger partial charge in [0.05, 0.1) is 29.6 Å². The van der Waals surface area contributed by atoms with Crippen molar-refractivity contribution in [3.05, 3.63) is 0 Å². The fraction of sp³-hybridized carbons (Fsp3) is 0.909. The monoisotopic (exact) mass is 447 g/mol. The SMILES string of the molecule is CC[C@H]1OC(=O)[C@H](C)[C@@H](O)[C@H](C)[C@@H](O)[C@](C)(O)C[C@@H](C)NC(=O)[C@@H](C)[C@@H](OC)[C@]1(C)O. The lowest BCUT2D eigenvalue weighted by molar-refractivity contribution is -0.197. The Morgan fingerprint density at radius 3 is 2.13 bits per heavy atom. The number of carbonyl (C=O) groups is 2. The third-order valence-corrected chi connectivity index (χ3v) is 6.64. The molecule has 1 rings (SSSR count). The number of ether oxygens (including phenoxy) is 2. The highest BCUT2D eigenvalue weighted by Crippen LogP contribution is 2.32. The molecule has 1 aliphatic heterocycles. The Balaban J connectivity index is 3.44. The van der Waals surface area contributed by atoms with Crippen molar-refractivity contribution in [1.82, 2.24) is 5.32 Å². The second kappa shape index (κ2) is 10.6. The van der Waals surface area contributed by atoms with Crippen LogP contribution in [0.3, 0.4) is 0 Å². The van der Waals surface area contributed by atoms with Crippen LogP contribution < -0.4 is 5.32 Å². The third-order valence-electron chi connectivity index (χ3n) is 6.64. The van der Waals surface area contributed by atoms with Gasteiger partial charge in [-0.3, -0.25) is 9.59 Å². The second-order valence-electron chi connectivity index (χ2n) is 9.56. The molecule has 1 saturated heterocycles. The highest BCUT2D eigenvalue weighted by atomic mass is 16.6. The predicted molar refractivity (Wildman–Crippen MR) is 114 cm³/mol. The molecule has 10 atom stereocenters. The molecule has 0 aromatic carbocycles. The summed E-state index contributed by atoms with van der Waals surface area (Å²) in [7, 11) is 1.37. The molecule has 9 heteroatoms. The molecule has 0 aliphatic carbocycles. The smallest absolute Gasteiger partial charge is 0.311 e. The van der Waals surface area contributed by atoms with E-state index in [0.717, 1.165) is 0 Å². The zero-order valence-corrected chi connectivity index (χ0v) is 20.0. The zero-order valence-electron chi connectivity index (χ0n) is 20.0. The largest absolute Gasteiger partial charge is 0.459 e. The van der Waals surface area contributed by atoms with Crippen LogP contribution in [0.2, 0.25) is 0 Å². The summed E-state index contributed by atoms with van der Waals surface area (Å²) in [5, 5.41) is 46.3. The molecule has 0 aromatic heterocycles. The van der Waals surface area contributed by atoms with Gasteiger partial charge in [-0.25, -0.2) is 0 Å². The quantitative estimate of drug-likeness (QED) is 0.382. The number of carbonyl (C=O) groups excluding carboxylic acids is 2. The lowest BCUT2D eigenvalue weighted by Gasteiger charge is -2.40. The summed E-state index contributed by atoms with van der Waals surface area (Å²) < 4.78 is 11.0. The topological polar surface area (TPSA) is 146 Å². The molecular formula is C22H41NO8. The minimum atomic E-state index is -1.69. The number of nitrogens with one attached hydrogen (secondary N) is 1. The molecule has 1 heterocycles. The maximum absolute atomic E-state index is 12.8. The van der Waals surface area contributed by atoms with Gasteiger partial charge in [0.25, 0.3) is 0 Å². The average molecular weight is 448 g/mol. The first-order chi connectivity index (χ1) is 14.1. The van der Waals surface area contributed by atoms with Crippen LogP contribution >= 0.6 is 0 Å². The number of esters is 1. The van der Waals surface area contributed by atoms with Crippen LogP contribution in [-0.4, -0.2) is 81.1 Å². The summed E-state index contributed by atoms with van der Waals surface area (Å²) in [6, 6.07) is -0.520. The Morgan fingerprint density at radius 1 is 1.10 bits per heavy atom. The number of amides is 1. The minimum Gasteiger partial charge on any atom is -0.459 e. The highest BCUT2D eigenvalue weighted by molar-refractivity contribution is 5.79. The van der Waals surface area contributed by atoms with Crippen LogP contribution in [0.25, 0.3) is 0 Å². The van der Waals surface area contributed by atoms with E-state index in [1.807, 2.05) is 0 Å². The summed E-state index contributed by atoms with van der Waals surface area (Å²) in [5.74, 6) is -3.86. The van der Waals surface area contributed by atoms with Crippen LogP contribution in [0, 0.1) is 17.8 Å². The molecule has 0 radical (unpaired) electrons. The van der Waals surface area contributed by atoms with Gasteiger partial charge in [0.15, 0.2) is 0 Å². The number of aliphatic hydroxyl groups excluding tert-OH is 2. The van der Waals surface area contributed by atoms with Crippen LogP contribution in [0.4, 0.5) is 0 Å². The van der Waals surface area contributed by atoms with Gasteiger partial charge >= 0.3 is 5.97 Å². The van der Waals surface area contributed by atoms with E-state index in [9.17, 15) is 30.0 Å². The Kier molecular flexibility index (Phi) is 9.47. The number of hydrogen-bond donors (Lipinski definition) is 5. The molecular weight excluding hydrogens is 406 g/mol. The number of rotatable bonds is 2. The van der Waals surface area contributed by atoms with Crippen molar-refractivity contribution >= 4 is 11.9 Å². The van der Waals surface area contributed by atoms with E-state index in [2.05, 4.69) is 5.32 Å². The first-order valence-corrected chi connectivity index (χ1v) is 11.0. The number of aliphatic hydroxyl groups is 4. The highest BCUT2D eigenvalue weighted by Gasteiger charge is 2.48. The fourth-order valence-electron chi connectivity index (χ4n) is 4.65. The molecule has 5 N–H and O–H groups in total. The first-order valence-electron chi connectivity index (χ1n) is 11.0. The van der Waals surface area contributed by atoms with Gasteiger partial charge in [-0.05, 0) is 40.5 Å². The van der Waals surface area contributed by atoms with Crippen molar-refractivity contribution in [2.24, 2.45) is 17.8 Å². The standard InChI is InChI=1S/C22H41NO8/c1-9-15-22(7,29)18(30-8)14(5)19(26)23-11(2)10-21(6,28)17(25)12(3)16(24)13(4)20(27)31-15/h11-18,24-25,28-29H,9-10H2,1-8H3,(H,23,26)/t11-,12+,13-,14+,15-,16+,17-,18-,21-,22-/m1/s1. The maximum atomic E-state index is 12.8. The lowest BCUT2D eigenvalue weighted by Crippen LogP contribution is -2.57. The molecule has 0 unspecified atom stereocenters. The Morgan fingerprint density at radius 2 is 1.65 bits per heavy atom. The summed E-state index contributed by atoms with van der Waals surface area (Å²) in [6.45, 7) is 10.9. The van der Waals surface area contributed by atoms with Crippen molar-refractivity contribution in [2.45, 2.75) is 103 Å². The fourth-order valence-corrected chi connectivity index (χ4v) is 4.65. The van der Waals surface area contributed by atoms with Gasteiger partial charge in [-0.2, -0.15) is 0 Å². The zero-order chi connectivity index (χ0) is 24.3. The van der Waals surface area contributed by atoms with Crippen molar-refractivity contribution in [3.63, 3.8) is 0 Å². The van der Waals surface area contributed by atoms with Gasteiger partial charge in [0.1, 0.15) is 17.8 Å². The molecule has 0 bridgehead atoms. The van der Waals surface area contributed by atoms with Crippen LogP contribution in [-0.2, 0) is 19.1 Å². The van der Waals surface area contributed by atoms with E-state index < -0.39 is 71.3 Å². The van der Waals surface area contributed by atoms with Gasteiger partial charge < -0.3 is 35.2 Å². The van der Waals surface area contributed by atoms with Crippen LogP contribution in [0.1, 0.15) is 61.3 Å². The molecule has 0 spiro atoms. The molecule has 182 valence electrons. The Hall–Kier alpha value is -1.26. The normalized spacial score (nSPS) is 46.5. The van der Waals surface area contributed by atoms with Crippen LogP contribution in [0.15, 0.2) is 0 Å². The molecule has 0 aromatic rings. The molecule has 31 heavy (non-hydrogen) atoms.